The van der Waals surface area contributed by atoms with E-state index in [2.05, 4.69) is 0 Å². The molecule has 1 aliphatic rings. The van der Waals surface area contributed by atoms with Crippen molar-refractivity contribution in [1.82, 2.24) is 0 Å². The lowest BCUT2D eigenvalue weighted by Crippen LogP contribution is -2.14. The first-order chi connectivity index (χ1) is 9.65. The Morgan fingerprint density at radius 2 is 2.40 bits per heavy atom. The van der Waals surface area contributed by atoms with E-state index in [1.165, 1.54) is 6.08 Å². The molecule has 0 aliphatic carbocycles. The Balaban J connectivity index is 2.37. The molecule has 1 aromatic carbocycles. The van der Waals surface area contributed by atoms with Crippen LogP contribution in [0.2, 0.25) is 0 Å². The van der Waals surface area contributed by atoms with Crippen LogP contribution in [0.15, 0.2) is 35.4 Å². The first-order valence-electron chi connectivity index (χ1n) is 6.16. The molecule has 2 rings (SSSR count). The minimum atomic E-state index is -0.748. The van der Waals surface area contributed by atoms with Gasteiger partial charge in [-0.1, -0.05) is 12.1 Å². The molecule has 0 unspecified atom stereocenters. The van der Waals surface area contributed by atoms with E-state index in [9.17, 15) is 4.79 Å². The number of benzene rings is 1. The lowest BCUT2D eigenvalue weighted by molar-refractivity contribution is -0.114. The predicted molar refractivity (Wildman–Crippen MR) is 74.0 cm³/mol. The molecular formula is C15H14N2O3. The maximum Gasteiger partial charge on any atom is 0.259 e. The Kier molecular flexibility index (Phi) is 4.06. The van der Waals surface area contributed by atoms with Crippen molar-refractivity contribution in [3.63, 3.8) is 0 Å². The fourth-order valence-electron chi connectivity index (χ4n) is 1.89. The van der Waals surface area contributed by atoms with Gasteiger partial charge in [-0.05, 0) is 30.7 Å². The summed E-state index contributed by atoms with van der Waals surface area (Å²) in [6.07, 6.45) is 3.29. The van der Waals surface area contributed by atoms with Crippen LogP contribution >= 0.6 is 0 Å². The molecule has 20 heavy (non-hydrogen) atoms. The number of primary amides is 1. The molecule has 0 spiro atoms. The zero-order valence-electron chi connectivity index (χ0n) is 11.1. The molecule has 0 bridgehead atoms. The summed E-state index contributed by atoms with van der Waals surface area (Å²) in [4.78, 5) is 11.0. The average Bonchev–Trinajstić information content (AvgIpc) is 2.44. The minimum absolute atomic E-state index is 0.0933. The van der Waals surface area contributed by atoms with Crippen molar-refractivity contribution in [3.8, 4) is 17.6 Å². The Morgan fingerprint density at radius 3 is 3.05 bits per heavy atom. The molecule has 1 heterocycles. The second-order valence-electron chi connectivity index (χ2n) is 4.15. The zero-order valence-corrected chi connectivity index (χ0v) is 11.1. The van der Waals surface area contributed by atoms with Crippen molar-refractivity contribution < 1.29 is 14.3 Å². The number of rotatable bonds is 4. The number of amides is 1. The second kappa shape index (κ2) is 5.93. The van der Waals surface area contributed by atoms with E-state index in [-0.39, 0.29) is 12.2 Å². The molecule has 1 aromatic rings. The summed E-state index contributed by atoms with van der Waals surface area (Å²) in [7, 11) is 0. The number of nitriles is 1. The van der Waals surface area contributed by atoms with Crippen LogP contribution < -0.4 is 15.2 Å². The molecule has 0 radical (unpaired) electrons. The van der Waals surface area contributed by atoms with Gasteiger partial charge in [-0.3, -0.25) is 4.79 Å². The summed E-state index contributed by atoms with van der Waals surface area (Å²) < 4.78 is 11.1. The molecule has 5 nitrogen and oxygen atoms in total. The van der Waals surface area contributed by atoms with E-state index in [0.717, 1.165) is 5.56 Å². The van der Waals surface area contributed by atoms with Gasteiger partial charge in [-0.25, -0.2) is 0 Å². The van der Waals surface area contributed by atoms with Crippen LogP contribution in [0.3, 0.4) is 0 Å². The van der Waals surface area contributed by atoms with Gasteiger partial charge in [0.15, 0.2) is 11.5 Å². The monoisotopic (exact) mass is 270 g/mol. The quantitative estimate of drug-likeness (QED) is 0.667. The van der Waals surface area contributed by atoms with Gasteiger partial charge in [0.25, 0.3) is 5.91 Å². The highest BCUT2D eigenvalue weighted by atomic mass is 16.5. The Labute approximate surface area is 116 Å². The lowest BCUT2D eigenvalue weighted by atomic mass is 10.0. The maximum absolute atomic E-state index is 11.0. The highest BCUT2D eigenvalue weighted by molar-refractivity contribution is 5.96. The molecule has 0 saturated carbocycles. The van der Waals surface area contributed by atoms with Crippen LogP contribution in [0.25, 0.3) is 6.08 Å². The summed E-state index contributed by atoms with van der Waals surface area (Å²) in [6, 6.07) is 7.34. The van der Waals surface area contributed by atoms with Gasteiger partial charge in [0.2, 0.25) is 0 Å². The number of hydrogen-bond acceptors (Lipinski definition) is 4. The van der Waals surface area contributed by atoms with Crippen LogP contribution in [0.1, 0.15) is 12.5 Å². The molecule has 1 aliphatic heterocycles. The first kappa shape index (κ1) is 13.7. The number of hydrogen-bond donors (Lipinski definition) is 1. The summed E-state index contributed by atoms with van der Waals surface area (Å²) in [5.74, 6) is 0.603. The third-order valence-electron chi connectivity index (χ3n) is 2.75. The minimum Gasteiger partial charge on any atom is -0.490 e. The third kappa shape index (κ3) is 2.81. The molecule has 0 saturated heterocycles. The summed E-state index contributed by atoms with van der Waals surface area (Å²) in [5, 5.41) is 8.83. The topological polar surface area (TPSA) is 85.3 Å². The number of carbonyl (C=O) groups excluding carboxylic acids is 1. The normalized spacial score (nSPS) is 13.6. The third-order valence-corrected chi connectivity index (χ3v) is 2.75. The predicted octanol–water partition coefficient (Wildman–Crippen LogP) is 1.80. The Morgan fingerprint density at radius 1 is 1.60 bits per heavy atom. The van der Waals surface area contributed by atoms with Crippen molar-refractivity contribution in [1.29, 1.82) is 5.26 Å². The number of nitrogens with zero attached hydrogens (tertiary/aromatic N) is 1. The standard InChI is InChI=1S/C15H14N2O3/c1-2-19-13-5-3-4-11-6-10(9-20-14(11)13)7-12(8-16)15(17)18/h3-7H,2,9H2,1H3,(H2,17,18)/b12-7+. The highest BCUT2D eigenvalue weighted by Gasteiger charge is 2.16. The van der Waals surface area contributed by atoms with Gasteiger partial charge in [-0.15, -0.1) is 0 Å². The summed E-state index contributed by atoms with van der Waals surface area (Å²) in [6.45, 7) is 2.71. The van der Waals surface area contributed by atoms with Crippen molar-refractivity contribution in [3.05, 3.63) is 41.0 Å². The largest absolute Gasteiger partial charge is 0.490 e. The van der Waals surface area contributed by atoms with Crippen LogP contribution in [-0.2, 0) is 4.79 Å². The van der Waals surface area contributed by atoms with Crippen LogP contribution in [0.4, 0.5) is 0 Å². The number of para-hydroxylation sites is 1. The Hall–Kier alpha value is -2.74. The summed E-state index contributed by atoms with van der Waals surface area (Å²) in [5.41, 5.74) is 6.56. The van der Waals surface area contributed by atoms with E-state index in [1.807, 2.05) is 31.2 Å². The van der Waals surface area contributed by atoms with Crippen LogP contribution in [0, 0.1) is 11.3 Å². The Bertz CT molecular complexity index is 639. The van der Waals surface area contributed by atoms with Crippen molar-refractivity contribution in [2.75, 3.05) is 13.2 Å². The molecule has 102 valence electrons. The van der Waals surface area contributed by atoms with Gasteiger partial charge in [-0.2, -0.15) is 5.26 Å². The van der Waals surface area contributed by atoms with Crippen molar-refractivity contribution in [2.45, 2.75) is 6.92 Å². The van der Waals surface area contributed by atoms with E-state index >= 15 is 0 Å². The first-order valence-corrected chi connectivity index (χ1v) is 6.16. The van der Waals surface area contributed by atoms with E-state index in [0.29, 0.717) is 23.7 Å². The second-order valence-corrected chi connectivity index (χ2v) is 4.15. The summed E-state index contributed by atoms with van der Waals surface area (Å²) >= 11 is 0. The van der Waals surface area contributed by atoms with Crippen LogP contribution in [0.5, 0.6) is 11.5 Å². The molecular weight excluding hydrogens is 256 g/mol. The van der Waals surface area contributed by atoms with Gasteiger partial charge >= 0.3 is 0 Å². The van der Waals surface area contributed by atoms with Crippen LogP contribution in [-0.4, -0.2) is 19.1 Å². The molecule has 0 atom stereocenters. The fraction of sp³-hybridized carbons (Fsp3) is 0.200. The molecule has 2 N–H and O–H groups in total. The zero-order chi connectivity index (χ0) is 14.5. The van der Waals surface area contributed by atoms with Gasteiger partial charge in [0, 0.05) is 5.56 Å². The van der Waals surface area contributed by atoms with E-state index in [1.54, 1.807) is 6.07 Å². The smallest absolute Gasteiger partial charge is 0.259 e. The number of carbonyl (C=O) groups is 1. The molecule has 0 aromatic heterocycles. The number of nitrogens with two attached hydrogens (primary N) is 1. The van der Waals surface area contributed by atoms with E-state index in [4.69, 9.17) is 20.5 Å². The molecule has 0 fully saturated rings. The maximum atomic E-state index is 11.0. The van der Waals surface area contributed by atoms with Crippen molar-refractivity contribution in [2.24, 2.45) is 5.73 Å². The van der Waals surface area contributed by atoms with Gasteiger partial charge in [0.05, 0.1) is 6.61 Å². The van der Waals surface area contributed by atoms with Gasteiger partial charge in [0.1, 0.15) is 18.2 Å². The SMILES string of the molecule is CCOc1cccc2c1OCC(/C=C(\C#N)C(N)=O)=C2. The average molecular weight is 270 g/mol. The molecule has 5 heteroatoms. The highest BCUT2D eigenvalue weighted by Crippen LogP contribution is 2.36. The number of ether oxygens (including phenoxy) is 2. The number of fused-ring (bicyclic) bond motifs is 1. The fourth-order valence-corrected chi connectivity index (χ4v) is 1.89. The molecule has 1 amide bonds. The lowest BCUT2D eigenvalue weighted by Gasteiger charge is -2.19. The van der Waals surface area contributed by atoms with Gasteiger partial charge < -0.3 is 15.2 Å². The van der Waals surface area contributed by atoms with E-state index < -0.39 is 5.91 Å². The van der Waals surface area contributed by atoms with Crippen molar-refractivity contribution >= 4 is 12.0 Å².